The first-order valence-electron chi connectivity index (χ1n) is 6.54. The number of hydrogen-bond donors (Lipinski definition) is 1. The molecule has 1 saturated heterocycles. The Morgan fingerprint density at radius 1 is 1.39 bits per heavy atom. The van der Waals surface area contributed by atoms with Gasteiger partial charge in [-0.25, -0.2) is 0 Å². The van der Waals surface area contributed by atoms with E-state index in [4.69, 9.17) is 0 Å². The molecule has 1 fully saturated rings. The molecule has 1 aliphatic heterocycles. The van der Waals surface area contributed by atoms with Crippen LogP contribution in [0.4, 0.5) is 5.69 Å². The number of likely N-dealkylation sites (N-methyl/N-ethyl adjacent to an activating group) is 1. The van der Waals surface area contributed by atoms with Crippen molar-refractivity contribution in [2.24, 2.45) is 0 Å². The largest absolute Gasteiger partial charge is 0.369 e. The molecule has 1 heterocycles. The summed E-state index contributed by atoms with van der Waals surface area (Å²) in [6.45, 7) is 4.39. The lowest BCUT2D eigenvalue weighted by atomic mass is 10.2. The lowest BCUT2D eigenvalue weighted by molar-refractivity contribution is 0.346. The van der Waals surface area contributed by atoms with Crippen LogP contribution in [0.25, 0.3) is 0 Å². The van der Waals surface area contributed by atoms with E-state index >= 15 is 0 Å². The maximum atomic E-state index is 3.66. The molecule has 0 spiro atoms. The van der Waals surface area contributed by atoms with E-state index in [1.54, 1.807) is 0 Å². The van der Waals surface area contributed by atoms with Crippen molar-refractivity contribution >= 4 is 21.6 Å². The number of halogens is 1. The van der Waals surface area contributed by atoms with Crippen LogP contribution in [0, 0.1) is 0 Å². The van der Waals surface area contributed by atoms with Gasteiger partial charge in [0.2, 0.25) is 0 Å². The summed E-state index contributed by atoms with van der Waals surface area (Å²) >= 11 is 3.66. The molecule has 0 aromatic heterocycles. The molecule has 0 aliphatic carbocycles. The van der Waals surface area contributed by atoms with Crippen molar-refractivity contribution < 1.29 is 0 Å². The Balaban J connectivity index is 2.09. The first-order valence-corrected chi connectivity index (χ1v) is 7.33. The minimum Gasteiger partial charge on any atom is -0.369 e. The summed E-state index contributed by atoms with van der Waals surface area (Å²) in [5.41, 5.74) is 1.31. The fraction of sp³-hybridized carbons (Fsp3) is 0.571. The second kappa shape index (κ2) is 6.55. The van der Waals surface area contributed by atoms with Crippen LogP contribution in [0.3, 0.4) is 0 Å². The van der Waals surface area contributed by atoms with E-state index in [0.717, 1.165) is 26.2 Å². The van der Waals surface area contributed by atoms with Gasteiger partial charge in [0.15, 0.2) is 0 Å². The zero-order chi connectivity index (χ0) is 13.0. The molecule has 100 valence electrons. The molecule has 1 aliphatic rings. The smallest absolute Gasteiger partial charge is 0.0511 e. The van der Waals surface area contributed by atoms with Gasteiger partial charge in [0, 0.05) is 30.1 Å². The standard InChI is InChI=1S/C14H22BrN3/c1-17(2)10-12-11-18(9-5-8-16-12)14-7-4-3-6-13(14)15/h3-4,6-7,12,16H,5,8-11H2,1-2H3. The lowest BCUT2D eigenvalue weighted by Crippen LogP contribution is -2.44. The lowest BCUT2D eigenvalue weighted by Gasteiger charge is -2.28. The SMILES string of the molecule is CN(C)CC1CN(c2ccccc2Br)CCCN1. The van der Waals surface area contributed by atoms with Crippen LogP contribution in [0.2, 0.25) is 0 Å². The average Bonchev–Trinajstić information content (AvgIpc) is 2.54. The summed E-state index contributed by atoms with van der Waals surface area (Å²) in [4.78, 5) is 4.74. The quantitative estimate of drug-likeness (QED) is 0.923. The van der Waals surface area contributed by atoms with Gasteiger partial charge >= 0.3 is 0 Å². The number of para-hydroxylation sites is 1. The fourth-order valence-electron chi connectivity index (χ4n) is 2.49. The van der Waals surface area contributed by atoms with Gasteiger partial charge in [-0.1, -0.05) is 12.1 Å². The van der Waals surface area contributed by atoms with E-state index in [2.05, 4.69) is 69.4 Å². The van der Waals surface area contributed by atoms with Crippen LogP contribution < -0.4 is 10.2 Å². The predicted molar refractivity (Wildman–Crippen MR) is 81.3 cm³/mol. The second-order valence-electron chi connectivity index (χ2n) is 5.16. The van der Waals surface area contributed by atoms with Gasteiger partial charge < -0.3 is 15.1 Å². The summed E-state index contributed by atoms with van der Waals surface area (Å²) in [6, 6.07) is 9.03. The van der Waals surface area contributed by atoms with Gasteiger partial charge in [0.1, 0.15) is 0 Å². The molecule has 1 aromatic carbocycles. The van der Waals surface area contributed by atoms with Gasteiger partial charge in [0.05, 0.1) is 5.69 Å². The Bertz CT molecular complexity index is 381. The average molecular weight is 312 g/mol. The third-order valence-electron chi connectivity index (χ3n) is 3.26. The third-order valence-corrected chi connectivity index (χ3v) is 3.93. The van der Waals surface area contributed by atoms with E-state index in [1.807, 2.05) is 0 Å². The zero-order valence-corrected chi connectivity index (χ0v) is 12.8. The summed E-state index contributed by atoms with van der Waals surface area (Å²) in [7, 11) is 4.27. The van der Waals surface area contributed by atoms with Gasteiger partial charge in [-0.05, 0) is 55.1 Å². The van der Waals surface area contributed by atoms with Gasteiger partial charge in [0.25, 0.3) is 0 Å². The molecule has 0 radical (unpaired) electrons. The summed E-state index contributed by atoms with van der Waals surface area (Å²) < 4.78 is 1.19. The number of hydrogen-bond acceptors (Lipinski definition) is 3. The van der Waals surface area contributed by atoms with Crippen LogP contribution >= 0.6 is 15.9 Å². The zero-order valence-electron chi connectivity index (χ0n) is 11.2. The monoisotopic (exact) mass is 311 g/mol. The van der Waals surface area contributed by atoms with Crippen LogP contribution in [0.5, 0.6) is 0 Å². The van der Waals surface area contributed by atoms with Gasteiger partial charge in [-0.2, -0.15) is 0 Å². The van der Waals surface area contributed by atoms with E-state index < -0.39 is 0 Å². The van der Waals surface area contributed by atoms with Crippen molar-refractivity contribution in [3.63, 3.8) is 0 Å². The summed E-state index contributed by atoms with van der Waals surface area (Å²) in [5.74, 6) is 0. The van der Waals surface area contributed by atoms with Crippen molar-refractivity contribution in [2.75, 3.05) is 45.2 Å². The Morgan fingerprint density at radius 3 is 2.89 bits per heavy atom. The van der Waals surface area contributed by atoms with E-state index in [0.29, 0.717) is 6.04 Å². The highest BCUT2D eigenvalue weighted by Crippen LogP contribution is 2.26. The molecule has 1 atom stereocenters. The topological polar surface area (TPSA) is 18.5 Å². The number of anilines is 1. The molecule has 0 saturated carbocycles. The Hall–Kier alpha value is -0.580. The molecular weight excluding hydrogens is 290 g/mol. The van der Waals surface area contributed by atoms with Crippen molar-refractivity contribution in [1.29, 1.82) is 0 Å². The molecule has 0 amide bonds. The van der Waals surface area contributed by atoms with E-state index in [1.165, 1.54) is 16.6 Å². The molecular formula is C14H22BrN3. The number of nitrogens with zero attached hydrogens (tertiary/aromatic N) is 2. The molecule has 1 aromatic rings. The molecule has 4 heteroatoms. The van der Waals surface area contributed by atoms with E-state index in [-0.39, 0.29) is 0 Å². The molecule has 1 unspecified atom stereocenters. The van der Waals surface area contributed by atoms with Gasteiger partial charge in [-0.3, -0.25) is 0 Å². The highest BCUT2D eigenvalue weighted by molar-refractivity contribution is 9.10. The number of nitrogens with one attached hydrogen (secondary N) is 1. The number of benzene rings is 1. The van der Waals surface area contributed by atoms with Crippen LogP contribution in [-0.2, 0) is 0 Å². The van der Waals surface area contributed by atoms with Crippen molar-refractivity contribution in [1.82, 2.24) is 10.2 Å². The highest BCUT2D eigenvalue weighted by Gasteiger charge is 2.19. The normalized spacial score (nSPS) is 21.1. The van der Waals surface area contributed by atoms with Crippen molar-refractivity contribution in [3.05, 3.63) is 28.7 Å². The number of rotatable bonds is 3. The molecule has 3 nitrogen and oxygen atoms in total. The minimum absolute atomic E-state index is 0.537. The second-order valence-corrected chi connectivity index (χ2v) is 6.02. The third kappa shape index (κ3) is 3.70. The molecule has 0 bridgehead atoms. The maximum absolute atomic E-state index is 3.66. The Labute approximate surface area is 118 Å². The first-order chi connectivity index (χ1) is 8.66. The van der Waals surface area contributed by atoms with E-state index in [9.17, 15) is 0 Å². The molecule has 1 N–H and O–H groups in total. The van der Waals surface area contributed by atoms with Crippen molar-refractivity contribution in [2.45, 2.75) is 12.5 Å². The predicted octanol–water partition coefficient (Wildman–Crippen LogP) is 2.18. The fourth-order valence-corrected chi connectivity index (χ4v) is 3.02. The first kappa shape index (κ1) is 13.8. The highest BCUT2D eigenvalue weighted by atomic mass is 79.9. The minimum atomic E-state index is 0.537. The van der Waals surface area contributed by atoms with Crippen LogP contribution in [-0.4, -0.2) is 51.2 Å². The Morgan fingerprint density at radius 2 is 2.17 bits per heavy atom. The molecule has 2 rings (SSSR count). The van der Waals surface area contributed by atoms with Crippen LogP contribution in [0.1, 0.15) is 6.42 Å². The van der Waals surface area contributed by atoms with Crippen molar-refractivity contribution in [3.8, 4) is 0 Å². The van der Waals surface area contributed by atoms with Gasteiger partial charge in [-0.15, -0.1) is 0 Å². The summed E-state index contributed by atoms with van der Waals surface area (Å²) in [5, 5.41) is 3.63. The Kier molecular flexibility index (Phi) is 5.03. The van der Waals surface area contributed by atoms with Crippen LogP contribution in [0.15, 0.2) is 28.7 Å². The summed E-state index contributed by atoms with van der Waals surface area (Å²) in [6.07, 6.45) is 1.20. The molecule has 18 heavy (non-hydrogen) atoms. The maximum Gasteiger partial charge on any atom is 0.0511 e.